The van der Waals surface area contributed by atoms with E-state index in [-0.39, 0.29) is 0 Å². The summed E-state index contributed by atoms with van der Waals surface area (Å²) in [5, 5.41) is 3.77. The number of carbonyl (C=O) groups excluding carboxylic acids is 1. The lowest BCUT2D eigenvalue weighted by Crippen LogP contribution is -2.24. The van der Waals surface area contributed by atoms with Crippen LogP contribution in [0, 0.1) is 19.8 Å². The van der Waals surface area contributed by atoms with Gasteiger partial charge in [-0.15, -0.1) is 0 Å². The molecule has 0 aliphatic carbocycles. The van der Waals surface area contributed by atoms with E-state index in [1.165, 1.54) is 5.69 Å². The molecule has 1 rings (SSSR count). The fourth-order valence-electron chi connectivity index (χ4n) is 1.77. The zero-order valence-corrected chi connectivity index (χ0v) is 10.8. The fraction of sp³-hybridized carbons (Fsp3) is 0.500. The first-order chi connectivity index (χ1) is 7.91. The maximum atomic E-state index is 10.5. The van der Waals surface area contributed by atoms with Crippen LogP contribution in [0.4, 0.5) is 4.79 Å². The Labute approximate surface area is 102 Å². The van der Waals surface area contributed by atoms with Crippen molar-refractivity contribution < 1.29 is 4.79 Å². The molecule has 1 aromatic heterocycles. The molecule has 1 aromatic rings. The molecular weight excluding hydrogens is 216 g/mol. The van der Waals surface area contributed by atoms with Crippen molar-refractivity contribution in [3.05, 3.63) is 23.0 Å². The predicted molar refractivity (Wildman–Crippen MR) is 69.1 cm³/mol. The second-order valence-electron chi connectivity index (χ2n) is 4.57. The molecule has 0 aromatic carbocycles. The summed E-state index contributed by atoms with van der Waals surface area (Å²) in [6, 6.07) is 1.39. The molecule has 0 bridgehead atoms. The number of hydrogen-bond donors (Lipinski definition) is 2. The number of amides is 2. The van der Waals surface area contributed by atoms with Crippen LogP contribution in [-0.2, 0) is 6.54 Å². The molecule has 3 N–H and O–H groups in total. The highest BCUT2D eigenvalue weighted by Crippen LogP contribution is 2.15. The Balaban J connectivity index is 2.88. The van der Waals surface area contributed by atoms with Crippen molar-refractivity contribution in [2.24, 2.45) is 16.8 Å². The summed E-state index contributed by atoms with van der Waals surface area (Å²) < 4.78 is 2.25. The van der Waals surface area contributed by atoms with E-state index < -0.39 is 6.03 Å². The van der Waals surface area contributed by atoms with Crippen LogP contribution in [0.3, 0.4) is 0 Å². The Morgan fingerprint density at radius 3 is 2.76 bits per heavy atom. The molecule has 0 unspecified atom stereocenters. The number of urea groups is 1. The fourth-order valence-corrected chi connectivity index (χ4v) is 1.77. The van der Waals surface area contributed by atoms with Gasteiger partial charge in [0, 0.05) is 23.5 Å². The van der Waals surface area contributed by atoms with Crippen molar-refractivity contribution in [3.63, 3.8) is 0 Å². The van der Waals surface area contributed by atoms with Crippen LogP contribution in [0.5, 0.6) is 0 Å². The molecule has 5 heteroatoms. The average Bonchev–Trinajstić information content (AvgIpc) is 2.45. The number of nitrogens with two attached hydrogens (primary N) is 1. The molecule has 94 valence electrons. The van der Waals surface area contributed by atoms with Crippen LogP contribution < -0.4 is 11.2 Å². The minimum Gasteiger partial charge on any atom is -0.350 e. The SMILES string of the molecule is Cc1cc(/C=N\NC(N)=O)c(C)n1CC(C)C. The summed E-state index contributed by atoms with van der Waals surface area (Å²) in [5.41, 5.74) is 10.4. The zero-order valence-electron chi connectivity index (χ0n) is 10.8. The van der Waals surface area contributed by atoms with Crippen molar-refractivity contribution in [2.75, 3.05) is 0 Å². The van der Waals surface area contributed by atoms with Gasteiger partial charge in [0.15, 0.2) is 0 Å². The van der Waals surface area contributed by atoms with E-state index in [1.807, 2.05) is 13.0 Å². The van der Waals surface area contributed by atoms with Gasteiger partial charge >= 0.3 is 6.03 Å². The topological polar surface area (TPSA) is 72.4 Å². The largest absolute Gasteiger partial charge is 0.350 e. The molecule has 0 aliphatic rings. The third-order valence-corrected chi connectivity index (χ3v) is 2.54. The summed E-state index contributed by atoms with van der Waals surface area (Å²) in [7, 11) is 0. The molecule has 0 fully saturated rings. The van der Waals surface area contributed by atoms with Gasteiger partial charge in [-0.25, -0.2) is 10.2 Å². The lowest BCUT2D eigenvalue weighted by Gasteiger charge is -2.11. The molecule has 0 radical (unpaired) electrons. The number of carbonyl (C=O) groups is 1. The van der Waals surface area contributed by atoms with Gasteiger partial charge in [-0.1, -0.05) is 13.8 Å². The molecule has 0 saturated carbocycles. The van der Waals surface area contributed by atoms with Crippen molar-refractivity contribution in [1.82, 2.24) is 9.99 Å². The molecule has 0 aliphatic heterocycles. The summed E-state index contributed by atoms with van der Waals surface area (Å²) in [5.74, 6) is 0.591. The van der Waals surface area contributed by atoms with Crippen LogP contribution in [-0.4, -0.2) is 16.8 Å². The highest BCUT2D eigenvalue weighted by molar-refractivity contribution is 5.83. The first kappa shape index (κ1) is 13.3. The van der Waals surface area contributed by atoms with Crippen LogP contribution in [0.15, 0.2) is 11.2 Å². The highest BCUT2D eigenvalue weighted by atomic mass is 16.2. The van der Waals surface area contributed by atoms with Gasteiger partial charge in [0.05, 0.1) is 6.21 Å². The van der Waals surface area contributed by atoms with Gasteiger partial charge < -0.3 is 10.3 Å². The lowest BCUT2D eigenvalue weighted by atomic mass is 10.2. The Kier molecular flexibility index (Phi) is 4.31. The Morgan fingerprint density at radius 2 is 2.24 bits per heavy atom. The minimum atomic E-state index is -0.655. The molecule has 0 spiro atoms. The smallest absolute Gasteiger partial charge is 0.332 e. The third kappa shape index (κ3) is 3.62. The van der Waals surface area contributed by atoms with Crippen molar-refractivity contribution in [3.8, 4) is 0 Å². The van der Waals surface area contributed by atoms with Crippen molar-refractivity contribution >= 4 is 12.2 Å². The molecule has 0 saturated heterocycles. The maximum Gasteiger partial charge on any atom is 0.332 e. The maximum absolute atomic E-state index is 10.5. The lowest BCUT2D eigenvalue weighted by molar-refractivity contribution is 0.249. The second kappa shape index (κ2) is 5.52. The number of primary amides is 1. The van der Waals surface area contributed by atoms with Gasteiger partial charge in [-0.05, 0) is 25.8 Å². The van der Waals surface area contributed by atoms with E-state index in [0.29, 0.717) is 5.92 Å². The van der Waals surface area contributed by atoms with E-state index in [0.717, 1.165) is 17.8 Å². The Morgan fingerprint density at radius 1 is 1.59 bits per heavy atom. The van der Waals surface area contributed by atoms with Gasteiger partial charge in [-0.2, -0.15) is 5.10 Å². The summed E-state index contributed by atoms with van der Waals surface area (Å²) in [6.45, 7) is 9.45. The first-order valence-corrected chi connectivity index (χ1v) is 5.67. The quantitative estimate of drug-likeness (QED) is 0.607. The number of aromatic nitrogens is 1. The van der Waals surface area contributed by atoms with Gasteiger partial charge in [0.1, 0.15) is 0 Å². The van der Waals surface area contributed by atoms with Crippen LogP contribution >= 0.6 is 0 Å². The number of hydrogen-bond acceptors (Lipinski definition) is 2. The first-order valence-electron chi connectivity index (χ1n) is 5.67. The van der Waals surface area contributed by atoms with E-state index in [1.54, 1.807) is 6.21 Å². The predicted octanol–water partition coefficient (Wildman–Crippen LogP) is 1.76. The molecule has 1 heterocycles. The van der Waals surface area contributed by atoms with Crippen molar-refractivity contribution in [2.45, 2.75) is 34.2 Å². The van der Waals surface area contributed by atoms with E-state index in [4.69, 9.17) is 5.73 Å². The number of nitrogens with one attached hydrogen (secondary N) is 1. The van der Waals surface area contributed by atoms with Crippen molar-refractivity contribution in [1.29, 1.82) is 0 Å². The number of aryl methyl sites for hydroxylation is 1. The summed E-state index contributed by atoms with van der Waals surface area (Å²) in [4.78, 5) is 10.5. The molecule has 0 atom stereocenters. The van der Waals surface area contributed by atoms with Crippen LogP contribution in [0.25, 0.3) is 0 Å². The Hall–Kier alpha value is -1.78. The normalized spacial score (nSPS) is 11.4. The standard InChI is InChI=1S/C12H20N4O/c1-8(2)7-16-9(3)5-11(10(16)4)6-14-15-12(13)17/h5-6,8H,7H2,1-4H3,(H3,13,15,17)/b14-6-. The number of rotatable bonds is 4. The number of nitrogens with zero attached hydrogens (tertiary/aromatic N) is 2. The van der Waals surface area contributed by atoms with E-state index in [9.17, 15) is 4.79 Å². The van der Waals surface area contributed by atoms with E-state index >= 15 is 0 Å². The van der Waals surface area contributed by atoms with E-state index in [2.05, 4.69) is 35.9 Å². The molecule has 17 heavy (non-hydrogen) atoms. The van der Waals surface area contributed by atoms with Crippen LogP contribution in [0.1, 0.15) is 30.8 Å². The third-order valence-electron chi connectivity index (χ3n) is 2.54. The second-order valence-corrected chi connectivity index (χ2v) is 4.57. The molecule has 5 nitrogen and oxygen atoms in total. The molecule has 2 amide bonds. The number of hydrazone groups is 1. The monoisotopic (exact) mass is 236 g/mol. The highest BCUT2D eigenvalue weighted by Gasteiger charge is 2.08. The molecular formula is C12H20N4O. The van der Waals surface area contributed by atoms with Crippen LogP contribution in [0.2, 0.25) is 0 Å². The average molecular weight is 236 g/mol. The minimum absolute atomic E-state index is 0.591. The van der Waals surface area contributed by atoms with Gasteiger partial charge in [-0.3, -0.25) is 0 Å². The Bertz CT molecular complexity index is 432. The van der Waals surface area contributed by atoms with Gasteiger partial charge in [0.25, 0.3) is 0 Å². The van der Waals surface area contributed by atoms with Gasteiger partial charge in [0.2, 0.25) is 0 Å². The zero-order chi connectivity index (χ0) is 13.0. The summed E-state index contributed by atoms with van der Waals surface area (Å²) >= 11 is 0. The summed E-state index contributed by atoms with van der Waals surface area (Å²) in [6.07, 6.45) is 1.62.